The van der Waals surface area contributed by atoms with Gasteiger partial charge in [-0.2, -0.15) is 4.68 Å². The summed E-state index contributed by atoms with van der Waals surface area (Å²) in [7, 11) is 2.07. The Morgan fingerprint density at radius 3 is 2.64 bits per heavy atom. The molecule has 0 saturated carbocycles. The molecule has 0 aliphatic rings. The van der Waals surface area contributed by atoms with Gasteiger partial charge in [0.1, 0.15) is 5.01 Å². The zero-order valence-corrected chi connectivity index (χ0v) is 14.9. The number of nitrogens with zero attached hydrogens (tertiary/aromatic N) is 6. The third-order valence-corrected chi connectivity index (χ3v) is 5.46. The molecular formula is C18H18N6S. The Bertz CT molecular complexity index is 944. The van der Waals surface area contributed by atoms with Crippen molar-refractivity contribution in [1.82, 2.24) is 30.1 Å². The molecule has 0 N–H and O–H groups in total. The molecule has 7 heteroatoms. The Kier molecular flexibility index (Phi) is 4.25. The first-order valence-electron chi connectivity index (χ1n) is 8.11. The van der Waals surface area contributed by atoms with Crippen LogP contribution in [-0.2, 0) is 6.54 Å². The summed E-state index contributed by atoms with van der Waals surface area (Å²) in [5, 5.41) is 13.3. The minimum absolute atomic E-state index is 0.179. The van der Waals surface area contributed by atoms with E-state index in [2.05, 4.69) is 46.5 Å². The highest BCUT2D eigenvalue weighted by Gasteiger charge is 2.19. The average molecular weight is 350 g/mol. The third-order valence-electron chi connectivity index (χ3n) is 4.25. The van der Waals surface area contributed by atoms with Gasteiger partial charge in [-0.25, -0.2) is 4.98 Å². The van der Waals surface area contributed by atoms with Crippen molar-refractivity contribution in [2.24, 2.45) is 0 Å². The van der Waals surface area contributed by atoms with E-state index in [0.717, 1.165) is 22.0 Å². The number of benzene rings is 2. The van der Waals surface area contributed by atoms with Crippen LogP contribution in [0.25, 0.3) is 15.9 Å². The second-order valence-electron chi connectivity index (χ2n) is 5.95. The molecular weight excluding hydrogens is 332 g/mol. The van der Waals surface area contributed by atoms with Crippen LogP contribution in [-0.4, -0.2) is 37.1 Å². The largest absolute Gasteiger partial charge is 0.290 e. The fourth-order valence-corrected chi connectivity index (χ4v) is 3.78. The van der Waals surface area contributed by atoms with Gasteiger partial charge in [0.05, 0.1) is 28.5 Å². The zero-order valence-electron chi connectivity index (χ0n) is 14.1. The summed E-state index contributed by atoms with van der Waals surface area (Å²) in [6, 6.07) is 18.3. The third kappa shape index (κ3) is 3.16. The normalized spacial score (nSPS) is 12.8. The molecule has 0 saturated heterocycles. The van der Waals surface area contributed by atoms with E-state index in [0.29, 0.717) is 6.54 Å². The monoisotopic (exact) mass is 350 g/mol. The van der Waals surface area contributed by atoms with Crippen LogP contribution < -0.4 is 0 Å². The van der Waals surface area contributed by atoms with E-state index in [1.54, 1.807) is 16.0 Å². The molecule has 0 bridgehead atoms. The minimum atomic E-state index is 0.179. The van der Waals surface area contributed by atoms with Gasteiger partial charge in [0.15, 0.2) is 5.82 Å². The molecule has 0 spiro atoms. The molecule has 0 aliphatic heterocycles. The Hall–Kier alpha value is -2.64. The molecule has 25 heavy (non-hydrogen) atoms. The summed E-state index contributed by atoms with van der Waals surface area (Å²) < 4.78 is 2.99. The maximum atomic E-state index is 4.76. The highest BCUT2D eigenvalue weighted by Crippen LogP contribution is 2.29. The molecule has 1 atom stereocenters. The second-order valence-corrected chi connectivity index (χ2v) is 7.02. The quantitative estimate of drug-likeness (QED) is 0.552. The lowest BCUT2D eigenvalue weighted by Gasteiger charge is -2.22. The SMILES string of the molecule is CC(c1nc2ccccc2s1)N(C)Cc1nnnn1-c1ccccc1. The highest BCUT2D eigenvalue weighted by atomic mass is 32.1. The van der Waals surface area contributed by atoms with Gasteiger partial charge in [0.25, 0.3) is 0 Å². The average Bonchev–Trinajstić information content (AvgIpc) is 3.28. The van der Waals surface area contributed by atoms with Gasteiger partial charge in [-0.3, -0.25) is 4.90 Å². The molecule has 2 aromatic heterocycles. The number of rotatable bonds is 5. The number of thiazole rings is 1. The van der Waals surface area contributed by atoms with E-state index in [1.165, 1.54) is 4.70 Å². The lowest BCUT2D eigenvalue weighted by atomic mass is 10.3. The van der Waals surface area contributed by atoms with Crippen LogP contribution in [0.2, 0.25) is 0 Å². The molecule has 2 aromatic carbocycles. The molecule has 0 amide bonds. The number of hydrogen-bond acceptors (Lipinski definition) is 6. The lowest BCUT2D eigenvalue weighted by molar-refractivity contribution is 0.244. The first-order valence-corrected chi connectivity index (χ1v) is 8.92. The van der Waals surface area contributed by atoms with Crippen LogP contribution in [0.1, 0.15) is 23.8 Å². The Morgan fingerprint density at radius 2 is 1.84 bits per heavy atom. The Labute approximate surface area is 149 Å². The topological polar surface area (TPSA) is 59.7 Å². The van der Waals surface area contributed by atoms with Crippen LogP contribution in [0.15, 0.2) is 54.6 Å². The molecule has 126 valence electrons. The molecule has 0 radical (unpaired) electrons. The summed E-state index contributed by atoms with van der Waals surface area (Å²) in [5.41, 5.74) is 2.01. The number of tetrazole rings is 1. The van der Waals surface area contributed by atoms with Crippen molar-refractivity contribution < 1.29 is 0 Å². The van der Waals surface area contributed by atoms with Crippen molar-refractivity contribution in [2.45, 2.75) is 19.5 Å². The minimum Gasteiger partial charge on any atom is -0.290 e. The van der Waals surface area contributed by atoms with Crippen molar-refractivity contribution in [2.75, 3.05) is 7.05 Å². The molecule has 4 aromatic rings. The molecule has 2 heterocycles. The van der Waals surface area contributed by atoms with Gasteiger partial charge < -0.3 is 0 Å². The van der Waals surface area contributed by atoms with Crippen LogP contribution >= 0.6 is 11.3 Å². The standard InChI is InChI=1S/C18H18N6S/c1-13(18-19-15-10-6-7-11-16(15)25-18)23(2)12-17-20-21-22-24(17)14-8-4-3-5-9-14/h3-11,13H,12H2,1-2H3. The predicted octanol–water partition coefficient (Wildman–Crippen LogP) is 3.47. The van der Waals surface area contributed by atoms with E-state index < -0.39 is 0 Å². The van der Waals surface area contributed by atoms with Gasteiger partial charge in [-0.05, 0) is 48.7 Å². The maximum absolute atomic E-state index is 4.76. The van der Waals surface area contributed by atoms with Crippen LogP contribution in [0.3, 0.4) is 0 Å². The molecule has 6 nitrogen and oxygen atoms in total. The maximum Gasteiger partial charge on any atom is 0.170 e. The number of hydrogen-bond donors (Lipinski definition) is 0. The zero-order chi connectivity index (χ0) is 17.2. The summed E-state index contributed by atoms with van der Waals surface area (Å²) in [6.45, 7) is 2.80. The molecule has 0 aliphatic carbocycles. The number of para-hydroxylation sites is 2. The van der Waals surface area contributed by atoms with E-state index in [-0.39, 0.29) is 6.04 Å². The van der Waals surface area contributed by atoms with E-state index >= 15 is 0 Å². The first kappa shape index (κ1) is 15.9. The Balaban J connectivity index is 1.56. The number of fused-ring (bicyclic) bond motifs is 1. The van der Waals surface area contributed by atoms with Crippen molar-refractivity contribution in [3.05, 3.63) is 65.4 Å². The molecule has 0 fully saturated rings. The number of aromatic nitrogens is 5. The van der Waals surface area contributed by atoms with E-state index in [1.807, 2.05) is 42.5 Å². The van der Waals surface area contributed by atoms with E-state index in [4.69, 9.17) is 4.98 Å². The predicted molar refractivity (Wildman–Crippen MR) is 98.7 cm³/mol. The second kappa shape index (κ2) is 6.70. The van der Waals surface area contributed by atoms with Crippen LogP contribution in [0.5, 0.6) is 0 Å². The molecule has 1 unspecified atom stereocenters. The fourth-order valence-electron chi connectivity index (χ4n) is 2.69. The van der Waals surface area contributed by atoms with Gasteiger partial charge in [0.2, 0.25) is 0 Å². The van der Waals surface area contributed by atoms with Gasteiger partial charge in [0, 0.05) is 0 Å². The van der Waals surface area contributed by atoms with Crippen LogP contribution in [0.4, 0.5) is 0 Å². The molecule has 4 rings (SSSR count). The van der Waals surface area contributed by atoms with Gasteiger partial charge >= 0.3 is 0 Å². The summed E-state index contributed by atoms with van der Waals surface area (Å²) in [6.07, 6.45) is 0. The Morgan fingerprint density at radius 1 is 1.08 bits per heavy atom. The summed E-state index contributed by atoms with van der Waals surface area (Å²) in [4.78, 5) is 6.97. The summed E-state index contributed by atoms with van der Waals surface area (Å²) >= 11 is 1.74. The fraction of sp³-hybridized carbons (Fsp3) is 0.222. The first-order chi connectivity index (χ1) is 12.2. The van der Waals surface area contributed by atoms with Crippen molar-refractivity contribution in [3.8, 4) is 5.69 Å². The van der Waals surface area contributed by atoms with Crippen LogP contribution in [0, 0.1) is 0 Å². The van der Waals surface area contributed by atoms with E-state index in [9.17, 15) is 0 Å². The summed E-state index contributed by atoms with van der Waals surface area (Å²) in [5.74, 6) is 0.807. The highest BCUT2D eigenvalue weighted by molar-refractivity contribution is 7.18. The van der Waals surface area contributed by atoms with Gasteiger partial charge in [-0.1, -0.05) is 30.3 Å². The lowest BCUT2D eigenvalue weighted by Crippen LogP contribution is -2.24. The van der Waals surface area contributed by atoms with Gasteiger partial charge in [-0.15, -0.1) is 16.4 Å². The van der Waals surface area contributed by atoms with Crippen molar-refractivity contribution in [3.63, 3.8) is 0 Å². The van der Waals surface area contributed by atoms with Crippen molar-refractivity contribution >= 4 is 21.6 Å². The smallest absolute Gasteiger partial charge is 0.170 e. The van der Waals surface area contributed by atoms with Crippen molar-refractivity contribution in [1.29, 1.82) is 0 Å².